The summed E-state index contributed by atoms with van der Waals surface area (Å²) in [5.41, 5.74) is 2.27. The predicted octanol–water partition coefficient (Wildman–Crippen LogP) is 1.44. The predicted molar refractivity (Wildman–Crippen MR) is 130 cm³/mol. The van der Waals surface area contributed by atoms with Crippen molar-refractivity contribution in [3.05, 3.63) is 71.8 Å². The maximum Gasteiger partial charge on any atom is 0.242 e. The zero-order chi connectivity index (χ0) is 23.0. The molecule has 0 aliphatic carbocycles. The highest BCUT2D eigenvalue weighted by atomic mass is 16.2. The highest BCUT2D eigenvalue weighted by Gasteiger charge is 2.30. The zero-order valence-corrected chi connectivity index (χ0v) is 19.5. The van der Waals surface area contributed by atoms with Gasteiger partial charge in [0.1, 0.15) is 6.04 Å². The lowest BCUT2D eigenvalue weighted by atomic mass is 10.0. The van der Waals surface area contributed by atoms with Gasteiger partial charge >= 0.3 is 0 Å². The van der Waals surface area contributed by atoms with Crippen LogP contribution in [0.3, 0.4) is 0 Å². The lowest BCUT2D eigenvalue weighted by molar-refractivity contribution is -0.136. The van der Waals surface area contributed by atoms with Crippen LogP contribution in [-0.4, -0.2) is 97.4 Å². The third-order valence-corrected chi connectivity index (χ3v) is 6.65. The third kappa shape index (κ3) is 6.41. The van der Waals surface area contributed by atoms with E-state index in [2.05, 4.69) is 51.3 Å². The molecule has 2 aromatic rings. The third-order valence-electron chi connectivity index (χ3n) is 6.65. The van der Waals surface area contributed by atoms with Crippen molar-refractivity contribution < 1.29 is 9.59 Å². The molecule has 0 radical (unpaired) electrons. The number of piperazine rings is 2. The number of amides is 2. The summed E-state index contributed by atoms with van der Waals surface area (Å²) in [5.74, 6) is -0.102. The van der Waals surface area contributed by atoms with E-state index in [0.717, 1.165) is 51.4 Å². The molecule has 0 saturated carbocycles. The average molecular weight is 450 g/mol. The summed E-state index contributed by atoms with van der Waals surface area (Å²) in [6, 6.07) is 19.9. The van der Waals surface area contributed by atoms with Crippen LogP contribution < -0.4 is 5.32 Å². The van der Waals surface area contributed by atoms with Crippen LogP contribution in [0.15, 0.2) is 60.7 Å². The number of hydrogen-bond acceptors (Lipinski definition) is 5. The molecule has 7 nitrogen and oxygen atoms in total. The second-order valence-electron chi connectivity index (χ2n) is 9.01. The molecule has 1 atom stereocenters. The molecule has 1 unspecified atom stereocenters. The molecular weight excluding hydrogens is 414 g/mol. The topological polar surface area (TPSA) is 59.1 Å². The van der Waals surface area contributed by atoms with Crippen molar-refractivity contribution in [1.82, 2.24) is 24.9 Å². The maximum absolute atomic E-state index is 13.2. The molecule has 0 bridgehead atoms. The Hall–Kier alpha value is -2.74. The van der Waals surface area contributed by atoms with E-state index in [-0.39, 0.29) is 24.4 Å². The quantitative estimate of drug-likeness (QED) is 0.693. The first-order chi connectivity index (χ1) is 16.1. The molecule has 7 heteroatoms. The second-order valence-corrected chi connectivity index (χ2v) is 9.01. The first kappa shape index (κ1) is 23.4. The Labute approximate surface area is 196 Å². The highest BCUT2D eigenvalue weighted by Crippen LogP contribution is 2.22. The number of benzene rings is 2. The molecule has 2 saturated heterocycles. The number of rotatable bonds is 7. The zero-order valence-electron chi connectivity index (χ0n) is 19.5. The number of carbonyl (C=O) groups excluding carboxylic acids is 2. The van der Waals surface area contributed by atoms with Crippen LogP contribution in [-0.2, 0) is 16.1 Å². The van der Waals surface area contributed by atoms with Gasteiger partial charge in [-0.15, -0.1) is 0 Å². The van der Waals surface area contributed by atoms with E-state index in [9.17, 15) is 9.59 Å². The maximum atomic E-state index is 13.2. The van der Waals surface area contributed by atoms with Gasteiger partial charge in [-0.05, 0) is 18.2 Å². The van der Waals surface area contributed by atoms with Crippen LogP contribution in [0.2, 0.25) is 0 Å². The summed E-state index contributed by atoms with van der Waals surface area (Å²) >= 11 is 0. The summed E-state index contributed by atoms with van der Waals surface area (Å²) in [6.07, 6.45) is 0. The fourth-order valence-electron chi connectivity index (χ4n) is 4.61. The minimum atomic E-state index is -0.365. The normalized spacial score (nSPS) is 19.2. The average Bonchev–Trinajstić information content (AvgIpc) is 2.86. The van der Waals surface area contributed by atoms with Gasteiger partial charge in [0.2, 0.25) is 11.8 Å². The van der Waals surface area contributed by atoms with Crippen molar-refractivity contribution in [3.63, 3.8) is 0 Å². The van der Waals surface area contributed by atoms with Crippen molar-refractivity contribution in [1.29, 1.82) is 0 Å². The van der Waals surface area contributed by atoms with Gasteiger partial charge in [0.05, 0.1) is 6.54 Å². The van der Waals surface area contributed by atoms with Gasteiger partial charge < -0.3 is 15.1 Å². The van der Waals surface area contributed by atoms with Crippen molar-refractivity contribution in [2.24, 2.45) is 0 Å². The minimum Gasteiger partial charge on any atom is -0.345 e. The van der Waals surface area contributed by atoms with Gasteiger partial charge in [-0.1, -0.05) is 60.7 Å². The molecule has 2 aliphatic heterocycles. The van der Waals surface area contributed by atoms with E-state index >= 15 is 0 Å². The van der Waals surface area contributed by atoms with Crippen LogP contribution in [0.25, 0.3) is 0 Å². The van der Waals surface area contributed by atoms with Crippen molar-refractivity contribution in [3.8, 4) is 0 Å². The lowest BCUT2D eigenvalue weighted by Crippen LogP contribution is -2.53. The number of carbonyl (C=O) groups is 2. The first-order valence-corrected chi connectivity index (χ1v) is 11.9. The highest BCUT2D eigenvalue weighted by molar-refractivity contribution is 5.88. The summed E-state index contributed by atoms with van der Waals surface area (Å²) in [4.78, 5) is 34.8. The van der Waals surface area contributed by atoms with Crippen molar-refractivity contribution in [2.45, 2.75) is 12.6 Å². The fraction of sp³-hybridized carbons (Fsp3) is 0.462. The van der Waals surface area contributed by atoms with E-state index in [0.29, 0.717) is 13.1 Å². The Kier molecular flexibility index (Phi) is 8.10. The number of nitrogens with one attached hydrogen (secondary N) is 1. The number of nitrogens with zero attached hydrogens (tertiary/aromatic N) is 4. The Bertz CT molecular complexity index is 891. The Morgan fingerprint density at radius 3 is 2.06 bits per heavy atom. The smallest absolute Gasteiger partial charge is 0.242 e. The molecule has 0 spiro atoms. The summed E-state index contributed by atoms with van der Waals surface area (Å²) < 4.78 is 0. The van der Waals surface area contributed by atoms with E-state index in [1.165, 1.54) is 5.56 Å². The van der Waals surface area contributed by atoms with Gasteiger partial charge in [-0.3, -0.25) is 19.4 Å². The molecule has 2 amide bonds. The van der Waals surface area contributed by atoms with Gasteiger partial charge in [-0.25, -0.2) is 0 Å². The molecule has 2 fully saturated rings. The molecule has 2 heterocycles. The van der Waals surface area contributed by atoms with Gasteiger partial charge in [0.25, 0.3) is 0 Å². The van der Waals surface area contributed by atoms with Crippen molar-refractivity contribution in [2.75, 3.05) is 66.0 Å². The monoisotopic (exact) mass is 449 g/mol. The molecule has 4 rings (SSSR count). The molecular formula is C26H35N5O2. The lowest BCUT2D eigenvalue weighted by Gasteiger charge is -2.37. The second kappa shape index (κ2) is 11.4. The molecule has 33 heavy (non-hydrogen) atoms. The van der Waals surface area contributed by atoms with Crippen LogP contribution in [0.4, 0.5) is 0 Å². The largest absolute Gasteiger partial charge is 0.345 e. The number of hydrogen-bond donors (Lipinski definition) is 1. The van der Waals surface area contributed by atoms with Crippen LogP contribution in [0.5, 0.6) is 0 Å². The molecule has 2 aliphatic rings. The van der Waals surface area contributed by atoms with Gasteiger partial charge in [0, 0.05) is 58.9 Å². The molecule has 1 N–H and O–H groups in total. The summed E-state index contributed by atoms with van der Waals surface area (Å²) in [6.45, 7) is 7.58. The summed E-state index contributed by atoms with van der Waals surface area (Å²) in [5, 5.41) is 2.94. The van der Waals surface area contributed by atoms with E-state index in [4.69, 9.17) is 0 Å². The fourth-order valence-corrected chi connectivity index (χ4v) is 4.61. The first-order valence-electron chi connectivity index (χ1n) is 11.9. The van der Waals surface area contributed by atoms with Crippen LogP contribution in [0.1, 0.15) is 17.2 Å². The van der Waals surface area contributed by atoms with Crippen molar-refractivity contribution >= 4 is 11.8 Å². The van der Waals surface area contributed by atoms with Gasteiger partial charge in [0.15, 0.2) is 0 Å². The number of likely N-dealkylation sites (N-methyl/N-ethyl adjacent to an activating group) is 1. The van der Waals surface area contributed by atoms with E-state index < -0.39 is 0 Å². The van der Waals surface area contributed by atoms with E-state index in [1.807, 2.05) is 41.3 Å². The molecule has 0 aromatic heterocycles. The Morgan fingerprint density at radius 2 is 1.42 bits per heavy atom. The summed E-state index contributed by atoms with van der Waals surface area (Å²) in [7, 11) is 2.10. The Balaban J connectivity index is 1.29. The van der Waals surface area contributed by atoms with Crippen LogP contribution in [0, 0.1) is 0 Å². The van der Waals surface area contributed by atoms with Gasteiger partial charge in [-0.2, -0.15) is 0 Å². The minimum absolute atomic E-state index is 0.00657. The van der Waals surface area contributed by atoms with Crippen LogP contribution >= 0.6 is 0 Å². The van der Waals surface area contributed by atoms with E-state index in [1.54, 1.807) is 0 Å². The molecule has 2 aromatic carbocycles. The SMILES string of the molecule is CN1CCN(C(C(=O)NCC(=O)N2CCN(Cc3ccccc3)CC2)c2ccccc2)CC1. The molecule has 176 valence electrons. The standard InChI is InChI=1S/C26H35N5O2/c1-28-12-16-31(17-13-28)25(23-10-6-3-7-11-23)26(33)27-20-24(32)30-18-14-29(15-19-30)21-22-8-4-2-5-9-22/h2-11,25H,12-21H2,1H3,(H,27,33). The Morgan fingerprint density at radius 1 is 0.818 bits per heavy atom.